The van der Waals surface area contributed by atoms with Gasteiger partial charge in [-0.05, 0) is 26.3 Å². The molecule has 3 N–H and O–H groups in total. The fraction of sp³-hybridized carbons (Fsp3) is 0.545. The maximum Gasteiger partial charge on any atom is 0.128 e. The Labute approximate surface area is 90.8 Å². The number of nitrogens with one attached hydrogen (secondary N) is 1. The fourth-order valence-electron chi connectivity index (χ4n) is 1.21. The summed E-state index contributed by atoms with van der Waals surface area (Å²) in [6.45, 7) is 7.37. The van der Waals surface area contributed by atoms with E-state index in [1.165, 1.54) is 0 Å². The maximum atomic E-state index is 5.79. The third-order valence-corrected chi connectivity index (χ3v) is 2.11. The van der Waals surface area contributed by atoms with E-state index < -0.39 is 0 Å². The molecule has 84 valence electrons. The lowest BCUT2D eigenvalue weighted by Gasteiger charge is -2.14. The summed E-state index contributed by atoms with van der Waals surface area (Å²) >= 11 is 0. The first-order valence-corrected chi connectivity index (χ1v) is 5.20. The lowest BCUT2D eigenvalue weighted by atomic mass is 10.2. The lowest BCUT2D eigenvalue weighted by Crippen LogP contribution is -2.22. The first-order chi connectivity index (χ1) is 7.13. The Morgan fingerprint density at radius 3 is 2.93 bits per heavy atom. The predicted molar refractivity (Wildman–Crippen MR) is 63.0 cm³/mol. The lowest BCUT2D eigenvalue weighted by molar-refractivity contribution is 0.141. The zero-order valence-electron chi connectivity index (χ0n) is 9.58. The van der Waals surface area contributed by atoms with E-state index >= 15 is 0 Å². The van der Waals surface area contributed by atoms with Crippen molar-refractivity contribution in [2.75, 3.05) is 24.3 Å². The average molecular weight is 209 g/mol. The molecular weight excluding hydrogens is 190 g/mol. The Morgan fingerprint density at radius 2 is 2.33 bits per heavy atom. The van der Waals surface area contributed by atoms with Crippen LogP contribution in [0, 0.1) is 6.92 Å². The molecule has 0 fully saturated rings. The number of nitrogen functional groups attached to an aromatic ring is 1. The van der Waals surface area contributed by atoms with Crippen LogP contribution in [0.4, 0.5) is 11.5 Å². The van der Waals surface area contributed by atoms with Crippen molar-refractivity contribution in [1.29, 1.82) is 0 Å². The summed E-state index contributed by atoms with van der Waals surface area (Å²) in [5.41, 5.74) is 7.54. The van der Waals surface area contributed by atoms with Crippen LogP contribution in [0.15, 0.2) is 12.3 Å². The van der Waals surface area contributed by atoms with Crippen molar-refractivity contribution in [1.82, 2.24) is 4.98 Å². The van der Waals surface area contributed by atoms with Gasteiger partial charge in [0, 0.05) is 30.6 Å². The van der Waals surface area contributed by atoms with Crippen molar-refractivity contribution in [3.8, 4) is 0 Å². The first kappa shape index (κ1) is 11.8. The Balaban J connectivity index is 2.53. The molecule has 1 heterocycles. The number of aryl methyl sites for hydroxylation is 1. The van der Waals surface area contributed by atoms with Gasteiger partial charge in [0.15, 0.2) is 0 Å². The molecule has 0 amide bonds. The van der Waals surface area contributed by atoms with Crippen LogP contribution in [0.25, 0.3) is 0 Å². The van der Waals surface area contributed by atoms with Crippen molar-refractivity contribution in [3.05, 3.63) is 17.8 Å². The van der Waals surface area contributed by atoms with Gasteiger partial charge in [-0.2, -0.15) is 0 Å². The molecule has 0 aliphatic carbocycles. The molecule has 15 heavy (non-hydrogen) atoms. The van der Waals surface area contributed by atoms with E-state index in [2.05, 4.69) is 10.3 Å². The molecule has 0 bridgehead atoms. The number of rotatable bonds is 5. The van der Waals surface area contributed by atoms with Gasteiger partial charge in [0.2, 0.25) is 0 Å². The van der Waals surface area contributed by atoms with Crippen LogP contribution in [-0.2, 0) is 4.74 Å². The Kier molecular flexibility index (Phi) is 4.37. The van der Waals surface area contributed by atoms with Crippen LogP contribution >= 0.6 is 0 Å². The Morgan fingerprint density at radius 1 is 1.60 bits per heavy atom. The van der Waals surface area contributed by atoms with Crippen molar-refractivity contribution in [2.45, 2.75) is 26.8 Å². The number of nitrogens with zero attached hydrogens (tertiary/aromatic N) is 1. The van der Waals surface area contributed by atoms with Crippen LogP contribution in [0.1, 0.15) is 19.4 Å². The molecular formula is C11H19N3O. The smallest absolute Gasteiger partial charge is 0.128 e. The van der Waals surface area contributed by atoms with Crippen LogP contribution in [0.5, 0.6) is 0 Å². The van der Waals surface area contributed by atoms with Gasteiger partial charge in [0.25, 0.3) is 0 Å². The van der Waals surface area contributed by atoms with Crippen molar-refractivity contribution >= 4 is 11.5 Å². The number of hydrogen-bond donors (Lipinski definition) is 2. The number of anilines is 2. The molecule has 4 nitrogen and oxygen atoms in total. The predicted octanol–water partition coefficient (Wildman–Crippen LogP) is 1.81. The van der Waals surface area contributed by atoms with E-state index in [1.807, 2.05) is 26.8 Å². The highest BCUT2D eigenvalue weighted by Crippen LogP contribution is 2.14. The van der Waals surface area contributed by atoms with Gasteiger partial charge < -0.3 is 15.8 Å². The van der Waals surface area contributed by atoms with Gasteiger partial charge in [0.1, 0.15) is 5.82 Å². The van der Waals surface area contributed by atoms with Gasteiger partial charge in [0.05, 0.1) is 6.61 Å². The molecule has 1 atom stereocenters. The summed E-state index contributed by atoms with van der Waals surface area (Å²) in [7, 11) is 0. The van der Waals surface area contributed by atoms with Gasteiger partial charge in [-0.1, -0.05) is 0 Å². The monoisotopic (exact) mass is 209 g/mol. The van der Waals surface area contributed by atoms with E-state index in [0.29, 0.717) is 6.61 Å². The average Bonchev–Trinajstić information content (AvgIpc) is 2.20. The van der Waals surface area contributed by atoms with Crippen molar-refractivity contribution in [3.63, 3.8) is 0 Å². The molecule has 0 saturated carbocycles. The molecule has 1 aromatic heterocycles. The number of hydrogen-bond acceptors (Lipinski definition) is 4. The summed E-state index contributed by atoms with van der Waals surface area (Å²) in [6, 6.07) is 2.08. The Hall–Kier alpha value is -1.29. The van der Waals surface area contributed by atoms with E-state index in [-0.39, 0.29) is 6.04 Å². The third-order valence-electron chi connectivity index (χ3n) is 2.11. The number of ether oxygens (including phenoxy) is 1. The molecule has 4 heteroatoms. The SMILES string of the molecule is CCOCC(C)Nc1cc(N)c(C)cn1. The van der Waals surface area contributed by atoms with Crippen molar-refractivity contribution in [2.24, 2.45) is 0 Å². The molecule has 1 aromatic rings. The minimum atomic E-state index is 0.236. The third kappa shape index (κ3) is 3.75. The molecule has 1 rings (SSSR count). The normalized spacial score (nSPS) is 12.5. The second-order valence-corrected chi connectivity index (χ2v) is 3.63. The highest BCUT2D eigenvalue weighted by Gasteiger charge is 2.03. The fourth-order valence-corrected chi connectivity index (χ4v) is 1.21. The summed E-state index contributed by atoms with van der Waals surface area (Å²) in [5, 5.41) is 3.23. The summed E-state index contributed by atoms with van der Waals surface area (Å²) in [6.07, 6.45) is 1.77. The highest BCUT2D eigenvalue weighted by atomic mass is 16.5. The second-order valence-electron chi connectivity index (χ2n) is 3.63. The number of nitrogens with two attached hydrogens (primary N) is 1. The minimum absolute atomic E-state index is 0.236. The van der Waals surface area contributed by atoms with Gasteiger partial charge in [-0.3, -0.25) is 0 Å². The topological polar surface area (TPSA) is 60.2 Å². The van der Waals surface area contributed by atoms with Gasteiger partial charge in [-0.25, -0.2) is 4.98 Å². The first-order valence-electron chi connectivity index (χ1n) is 5.20. The maximum absolute atomic E-state index is 5.79. The molecule has 0 aromatic carbocycles. The van der Waals surface area contributed by atoms with E-state index in [0.717, 1.165) is 23.7 Å². The molecule has 0 radical (unpaired) electrons. The zero-order chi connectivity index (χ0) is 11.3. The van der Waals surface area contributed by atoms with Gasteiger partial charge in [-0.15, -0.1) is 0 Å². The number of pyridine rings is 1. The minimum Gasteiger partial charge on any atom is -0.398 e. The van der Waals surface area contributed by atoms with Crippen LogP contribution in [-0.4, -0.2) is 24.2 Å². The molecule has 1 unspecified atom stereocenters. The zero-order valence-corrected chi connectivity index (χ0v) is 9.58. The van der Waals surface area contributed by atoms with E-state index in [1.54, 1.807) is 6.20 Å². The summed E-state index contributed by atoms with van der Waals surface area (Å²) in [4.78, 5) is 4.24. The highest BCUT2D eigenvalue weighted by molar-refractivity contribution is 5.53. The van der Waals surface area contributed by atoms with Gasteiger partial charge >= 0.3 is 0 Å². The molecule has 0 saturated heterocycles. The second kappa shape index (κ2) is 5.56. The van der Waals surface area contributed by atoms with Crippen LogP contribution in [0.3, 0.4) is 0 Å². The summed E-state index contributed by atoms with van der Waals surface area (Å²) < 4.78 is 5.30. The quantitative estimate of drug-likeness (QED) is 0.776. The standard InChI is InChI=1S/C11H19N3O/c1-4-15-7-9(3)14-11-5-10(12)8(2)6-13-11/h5-6,9H,4,7H2,1-3H3,(H3,12,13,14). The number of aromatic nitrogens is 1. The largest absolute Gasteiger partial charge is 0.398 e. The summed E-state index contributed by atoms with van der Waals surface area (Å²) in [5.74, 6) is 0.797. The van der Waals surface area contributed by atoms with Crippen LogP contribution in [0.2, 0.25) is 0 Å². The van der Waals surface area contributed by atoms with E-state index in [9.17, 15) is 0 Å². The Bertz CT molecular complexity index is 315. The molecule has 0 aliphatic rings. The molecule has 0 aliphatic heterocycles. The van der Waals surface area contributed by atoms with E-state index in [4.69, 9.17) is 10.5 Å². The molecule has 0 spiro atoms. The van der Waals surface area contributed by atoms with Crippen LogP contribution < -0.4 is 11.1 Å². The van der Waals surface area contributed by atoms with Crippen molar-refractivity contribution < 1.29 is 4.74 Å².